The maximum Gasteiger partial charge on any atom is 0.228 e. The van der Waals surface area contributed by atoms with Crippen LogP contribution in [0.25, 0.3) is 0 Å². The largest absolute Gasteiger partial charge is 0.494 e. The van der Waals surface area contributed by atoms with Gasteiger partial charge in [0.1, 0.15) is 5.75 Å². The second kappa shape index (κ2) is 5.92. The Morgan fingerprint density at radius 1 is 1.41 bits per heavy atom. The lowest BCUT2D eigenvalue weighted by atomic mass is 10.1. The summed E-state index contributed by atoms with van der Waals surface area (Å²) < 4.78 is 5.35. The Morgan fingerprint density at radius 3 is 2.59 bits per heavy atom. The van der Waals surface area contributed by atoms with Crippen LogP contribution in [0.15, 0.2) is 12.1 Å². The van der Waals surface area contributed by atoms with Gasteiger partial charge < -0.3 is 9.64 Å². The van der Waals surface area contributed by atoms with Crippen LogP contribution in [-0.2, 0) is 4.79 Å². The van der Waals surface area contributed by atoms with Gasteiger partial charge >= 0.3 is 0 Å². The van der Waals surface area contributed by atoms with Crippen LogP contribution in [0, 0.1) is 13.8 Å². The maximum atomic E-state index is 11.8. The number of hydrogen-bond acceptors (Lipinski definition) is 2. The van der Waals surface area contributed by atoms with E-state index in [1.54, 1.807) is 19.1 Å². The van der Waals surface area contributed by atoms with Crippen molar-refractivity contribution in [3.05, 3.63) is 23.3 Å². The van der Waals surface area contributed by atoms with Crippen molar-refractivity contribution in [3.8, 4) is 5.75 Å². The number of carbonyl (C=O) groups is 1. The van der Waals surface area contributed by atoms with Crippen LogP contribution in [0.5, 0.6) is 5.75 Å². The molecule has 0 heterocycles. The summed E-state index contributed by atoms with van der Waals surface area (Å²) in [4.78, 5) is 13.4. The normalized spacial score (nSPS) is 10.2. The molecule has 0 bridgehead atoms. The number of benzene rings is 1. The van der Waals surface area contributed by atoms with Crippen LogP contribution in [0.1, 0.15) is 17.5 Å². The molecule has 0 aliphatic heterocycles. The Kier molecular flexibility index (Phi) is 4.82. The first kappa shape index (κ1) is 13.8. The monoisotopic (exact) mass is 255 g/mol. The Balaban J connectivity index is 3.15. The molecule has 1 aromatic carbocycles. The van der Waals surface area contributed by atoms with Crippen molar-refractivity contribution in [1.82, 2.24) is 0 Å². The molecule has 94 valence electrons. The van der Waals surface area contributed by atoms with Gasteiger partial charge in [0.05, 0.1) is 12.8 Å². The average Bonchev–Trinajstić information content (AvgIpc) is 2.27. The van der Waals surface area contributed by atoms with Crippen LogP contribution < -0.4 is 9.64 Å². The minimum atomic E-state index is -0.0108. The molecule has 4 heteroatoms. The molecule has 0 saturated carbocycles. The fourth-order valence-corrected chi connectivity index (χ4v) is 1.99. The zero-order chi connectivity index (χ0) is 13.0. The number of halogens is 1. The summed E-state index contributed by atoms with van der Waals surface area (Å²) in [7, 11) is 3.35. The molecule has 0 atom stereocenters. The molecule has 0 saturated heterocycles. The summed E-state index contributed by atoms with van der Waals surface area (Å²) >= 11 is 5.59. The molecule has 0 aromatic heterocycles. The van der Waals surface area contributed by atoms with Crippen LogP contribution in [0.4, 0.5) is 5.69 Å². The van der Waals surface area contributed by atoms with E-state index in [1.807, 2.05) is 26.0 Å². The number of amides is 1. The van der Waals surface area contributed by atoms with E-state index in [4.69, 9.17) is 16.3 Å². The molecule has 0 spiro atoms. The van der Waals surface area contributed by atoms with Gasteiger partial charge in [0.2, 0.25) is 5.91 Å². The molecular weight excluding hydrogens is 238 g/mol. The molecule has 0 aliphatic rings. The van der Waals surface area contributed by atoms with Gasteiger partial charge in [0.15, 0.2) is 0 Å². The number of anilines is 1. The van der Waals surface area contributed by atoms with Crippen molar-refractivity contribution >= 4 is 23.2 Å². The van der Waals surface area contributed by atoms with Crippen molar-refractivity contribution in [2.75, 3.05) is 24.9 Å². The number of alkyl halides is 1. The highest BCUT2D eigenvalue weighted by molar-refractivity contribution is 6.19. The molecule has 0 N–H and O–H groups in total. The van der Waals surface area contributed by atoms with Gasteiger partial charge in [-0.25, -0.2) is 0 Å². The molecule has 1 rings (SSSR count). The molecule has 3 nitrogen and oxygen atoms in total. The van der Waals surface area contributed by atoms with E-state index in [-0.39, 0.29) is 5.91 Å². The van der Waals surface area contributed by atoms with E-state index in [0.717, 1.165) is 22.6 Å². The van der Waals surface area contributed by atoms with Crippen molar-refractivity contribution < 1.29 is 9.53 Å². The number of carbonyl (C=O) groups excluding carboxylic acids is 1. The molecule has 0 unspecified atom stereocenters. The predicted molar refractivity (Wildman–Crippen MR) is 71.2 cm³/mol. The van der Waals surface area contributed by atoms with Gasteiger partial charge in [-0.2, -0.15) is 0 Å². The highest BCUT2D eigenvalue weighted by Gasteiger charge is 2.16. The second-order valence-electron chi connectivity index (χ2n) is 4.03. The zero-order valence-corrected chi connectivity index (χ0v) is 11.5. The fourth-order valence-electron chi connectivity index (χ4n) is 1.83. The molecule has 17 heavy (non-hydrogen) atoms. The second-order valence-corrected chi connectivity index (χ2v) is 4.40. The summed E-state index contributed by atoms with van der Waals surface area (Å²) in [6.07, 6.45) is 0.328. The van der Waals surface area contributed by atoms with E-state index < -0.39 is 0 Å². The standard InChI is InChI=1S/C13H18ClNO2/c1-9-7-10(2)13(17-4)11(8-9)15(3)12(16)5-6-14/h7-8H,5-6H2,1-4H3. The van der Waals surface area contributed by atoms with Crippen LogP contribution >= 0.6 is 11.6 Å². The van der Waals surface area contributed by atoms with E-state index in [9.17, 15) is 4.79 Å². The zero-order valence-electron chi connectivity index (χ0n) is 10.7. The number of rotatable bonds is 4. The molecule has 0 aliphatic carbocycles. The topological polar surface area (TPSA) is 29.5 Å². The third-order valence-corrected chi connectivity index (χ3v) is 2.84. The van der Waals surface area contributed by atoms with Gasteiger partial charge in [-0.1, -0.05) is 6.07 Å². The average molecular weight is 256 g/mol. The predicted octanol–water partition coefficient (Wildman–Crippen LogP) is 2.90. The van der Waals surface area contributed by atoms with Gasteiger partial charge in [0.25, 0.3) is 0 Å². The van der Waals surface area contributed by atoms with Crippen LogP contribution in [0.2, 0.25) is 0 Å². The summed E-state index contributed by atoms with van der Waals surface area (Å²) in [6.45, 7) is 3.96. The van der Waals surface area contributed by atoms with Crippen molar-refractivity contribution in [2.45, 2.75) is 20.3 Å². The first-order valence-corrected chi connectivity index (χ1v) is 6.02. The Hall–Kier alpha value is -1.22. The highest BCUT2D eigenvalue weighted by Crippen LogP contribution is 2.32. The van der Waals surface area contributed by atoms with Crippen molar-refractivity contribution in [2.24, 2.45) is 0 Å². The number of hydrogen-bond donors (Lipinski definition) is 0. The lowest BCUT2D eigenvalue weighted by Gasteiger charge is -2.21. The Bertz CT molecular complexity index is 418. The minimum Gasteiger partial charge on any atom is -0.494 e. The first-order valence-electron chi connectivity index (χ1n) is 5.49. The highest BCUT2D eigenvalue weighted by atomic mass is 35.5. The number of methoxy groups -OCH3 is 1. The molecule has 0 fully saturated rings. The number of nitrogens with zero attached hydrogens (tertiary/aromatic N) is 1. The molecule has 1 amide bonds. The van der Waals surface area contributed by atoms with E-state index in [2.05, 4.69) is 0 Å². The summed E-state index contributed by atoms with van der Waals surface area (Å²) in [5, 5.41) is 0. The van der Waals surface area contributed by atoms with Gasteiger partial charge in [-0.05, 0) is 31.0 Å². The maximum absolute atomic E-state index is 11.8. The Morgan fingerprint density at radius 2 is 2.06 bits per heavy atom. The third kappa shape index (κ3) is 3.13. The van der Waals surface area contributed by atoms with Gasteiger partial charge in [-0.3, -0.25) is 4.79 Å². The first-order chi connectivity index (χ1) is 8.01. The van der Waals surface area contributed by atoms with E-state index in [1.165, 1.54) is 0 Å². The molecule has 0 radical (unpaired) electrons. The summed E-state index contributed by atoms with van der Waals surface area (Å²) in [5.41, 5.74) is 2.91. The summed E-state index contributed by atoms with van der Waals surface area (Å²) in [5.74, 6) is 1.06. The van der Waals surface area contributed by atoms with Crippen LogP contribution in [0.3, 0.4) is 0 Å². The lowest BCUT2D eigenvalue weighted by molar-refractivity contribution is -0.117. The SMILES string of the molecule is COc1c(C)cc(C)cc1N(C)C(=O)CCCl. The van der Waals surface area contributed by atoms with Gasteiger partial charge in [-0.15, -0.1) is 11.6 Å². The quantitative estimate of drug-likeness (QED) is 0.775. The van der Waals surface area contributed by atoms with Crippen molar-refractivity contribution in [1.29, 1.82) is 0 Å². The number of ether oxygens (including phenoxy) is 1. The molecular formula is C13H18ClNO2. The minimum absolute atomic E-state index is 0.0108. The smallest absolute Gasteiger partial charge is 0.228 e. The van der Waals surface area contributed by atoms with E-state index in [0.29, 0.717) is 12.3 Å². The summed E-state index contributed by atoms with van der Waals surface area (Å²) in [6, 6.07) is 3.97. The third-order valence-electron chi connectivity index (χ3n) is 2.65. The van der Waals surface area contributed by atoms with E-state index >= 15 is 0 Å². The van der Waals surface area contributed by atoms with Crippen LogP contribution in [-0.4, -0.2) is 25.9 Å². The number of aryl methyl sites for hydroxylation is 2. The van der Waals surface area contributed by atoms with Crippen molar-refractivity contribution in [3.63, 3.8) is 0 Å². The Labute approximate surface area is 107 Å². The lowest BCUT2D eigenvalue weighted by Crippen LogP contribution is -2.27. The van der Waals surface area contributed by atoms with Gasteiger partial charge in [0, 0.05) is 19.3 Å². The molecule has 1 aromatic rings. The fraction of sp³-hybridized carbons (Fsp3) is 0.462.